The molecule has 2 aromatic heterocycles. The average molecular weight is 497 g/mol. The zero-order valence-electron chi connectivity index (χ0n) is 20.1. The minimum Gasteiger partial charge on any atom is -0.391 e. The lowest BCUT2D eigenvalue weighted by molar-refractivity contribution is -0.183. The van der Waals surface area contributed by atoms with Crippen molar-refractivity contribution in [3.63, 3.8) is 0 Å². The van der Waals surface area contributed by atoms with Crippen molar-refractivity contribution in [2.45, 2.75) is 57.9 Å². The summed E-state index contributed by atoms with van der Waals surface area (Å²) in [4.78, 5) is 24.2. The smallest absolute Gasteiger partial charge is 0.391 e. The Labute approximate surface area is 203 Å². The van der Waals surface area contributed by atoms with Crippen molar-refractivity contribution in [3.05, 3.63) is 18.6 Å². The fraction of sp³-hybridized carbons (Fsp3) is 0.708. The van der Waals surface area contributed by atoms with Crippen LogP contribution in [0, 0.1) is 17.8 Å². The second kappa shape index (κ2) is 10.7. The van der Waals surface area contributed by atoms with Crippen LogP contribution in [-0.4, -0.2) is 75.5 Å². The van der Waals surface area contributed by atoms with E-state index in [1.807, 2.05) is 28.7 Å². The fourth-order valence-corrected chi connectivity index (χ4v) is 5.61. The lowest BCUT2D eigenvalue weighted by Crippen LogP contribution is -2.47. The summed E-state index contributed by atoms with van der Waals surface area (Å²) in [5.41, 5.74) is 6.06. The van der Waals surface area contributed by atoms with E-state index in [0.29, 0.717) is 45.6 Å². The van der Waals surface area contributed by atoms with E-state index in [1.165, 1.54) is 6.33 Å². The highest BCUT2D eigenvalue weighted by molar-refractivity contribution is 5.87. The molecule has 0 bridgehead atoms. The van der Waals surface area contributed by atoms with Gasteiger partial charge >= 0.3 is 6.18 Å². The van der Waals surface area contributed by atoms with Gasteiger partial charge in [-0.1, -0.05) is 0 Å². The molecule has 2 atom stereocenters. The van der Waals surface area contributed by atoms with E-state index in [0.717, 1.165) is 23.3 Å². The number of amides is 1. The Kier molecular flexibility index (Phi) is 7.85. The van der Waals surface area contributed by atoms with Gasteiger partial charge < -0.3 is 20.3 Å². The number of aromatic nitrogens is 3. The molecule has 2 aliphatic rings. The normalized spacial score (nSPS) is 26.2. The third kappa shape index (κ3) is 6.06. The van der Waals surface area contributed by atoms with Crippen molar-refractivity contribution < 1.29 is 23.1 Å². The summed E-state index contributed by atoms with van der Waals surface area (Å²) in [6.07, 6.45) is 1.10. The Morgan fingerprint density at radius 2 is 1.97 bits per heavy atom. The number of hydrogen-bond donors (Lipinski definition) is 2. The maximum atomic E-state index is 13.0. The summed E-state index contributed by atoms with van der Waals surface area (Å²) in [5, 5.41) is 11.5. The van der Waals surface area contributed by atoms with Gasteiger partial charge in [0.2, 0.25) is 5.91 Å². The highest BCUT2D eigenvalue weighted by Gasteiger charge is 2.41. The molecule has 2 unspecified atom stereocenters. The van der Waals surface area contributed by atoms with Crippen molar-refractivity contribution in [3.8, 4) is 0 Å². The first-order chi connectivity index (χ1) is 16.7. The van der Waals surface area contributed by atoms with E-state index >= 15 is 0 Å². The molecule has 1 saturated heterocycles. The number of halogens is 3. The summed E-state index contributed by atoms with van der Waals surface area (Å²) < 4.78 is 41.1. The van der Waals surface area contributed by atoms with Gasteiger partial charge in [-0.15, -0.1) is 0 Å². The second-order valence-corrected chi connectivity index (χ2v) is 10.0. The number of carbonyl (C=O) groups is 1. The lowest BCUT2D eigenvalue weighted by Gasteiger charge is -2.35. The van der Waals surface area contributed by atoms with Crippen LogP contribution in [0.1, 0.15) is 39.0 Å². The van der Waals surface area contributed by atoms with Crippen LogP contribution < -0.4 is 10.6 Å². The molecule has 3 N–H and O–H groups in total. The first-order valence-electron chi connectivity index (χ1n) is 12.5. The largest absolute Gasteiger partial charge is 0.391 e. The number of rotatable bonds is 8. The number of primary amides is 1. The van der Waals surface area contributed by atoms with Gasteiger partial charge in [0.25, 0.3) is 0 Å². The molecule has 35 heavy (non-hydrogen) atoms. The van der Waals surface area contributed by atoms with Crippen molar-refractivity contribution in [2.24, 2.45) is 23.5 Å². The van der Waals surface area contributed by atoms with Gasteiger partial charge in [-0.3, -0.25) is 9.69 Å². The number of nitrogens with two attached hydrogens (primary N) is 1. The molecule has 1 amide bonds. The van der Waals surface area contributed by atoms with Gasteiger partial charge in [-0.25, -0.2) is 9.97 Å². The number of carbonyl (C=O) groups excluding carboxylic acids is 1. The van der Waals surface area contributed by atoms with Gasteiger partial charge in [0.15, 0.2) is 0 Å². The Morgan fingerprint density at radius 3 is 2.60 bits per heavy atom. The van der Waals surface area contributed by atoms with Crippen LogP contribution >= 0.6 is 0 Å². The molecule has 2 fully saturated rings. The first kappa shape index (κ1) is 25.7. The Morgan fingerprint density at radius 1 is 1.23 bits per heavy atom. The monoisotopic (exact) mass is 496 g/mol. The number of alkyl halides is 3. The molecule has 2 aromatic rings. The Balaban J connectivity index is 1.43. The third-order valence-corrected chi connectivity index (χ3v) is 7.62. The molecular formula is C24H35F3N6O2. The van der Waals surface area contributed by atoms with Gasteiger partial charge in [0, 0.05) is 38.3 Å². The Hall–Kier alpha value is -2.40. The number of anilines is 1. The number of aliphatic hydroxyl groups excluding tert-OH is 1. The summed E-state index contributed by atoms with van der Waals surface area (Å²) in [6, 6.07) is 1.97. The molecule has 1 saturated carbocycles. The molecule has 194 valence electrons. The molecular weight excluding hydrogens is 461 g/mol. The van der Waals surface area contributed by atoms with E-state index in [2.05, 4.69) is 14.9 Å². The summed E-state index contributed by atoms with van der Waals surface area (Å²) in [5.74, 6) is -0.538. The predicted molar refractivity (Wildman–Crippen MR) is 127 cm³/mol. The molecule has 4 rings (SSSR count). The van der Waals surface area contributed by atoms with Gasteiger partial charge in [0.1, 0.15) is 17.8 Å². The lowest BCUT2D eigenvalue weighted by atomic mass is 9.81. The van der Waals surface area contributed by atoms with Crippen molar-refractivity contribution in [2.75, 3.05) is 37.6 Å². The van der Waals surface area contributed by atoms with Gasteiger partial charge in [-0.2, -0.15) is 13.2 Å². The summed E-state index contributed by atoms with van der Waals surface area (Å²) in [6.45, 7) is 5.26. The number of β-amino-alcohol motifs (C(OH)–C–C–N with tert-alkyl or cyclic N) is 1. The van der Waals surface area contributed by atoms with Crippen LogP contribution in [0.5, 0.6) is 0 Å². The zero-order chi connectivity index (χ0) is 25.2. The van der Waals surface area contributed by atoms with E-state index in [-0.39, 0.29) is 31.2 Å². The summed E-state index contributed by atoms with van der Waals surface area (Å²) in [7, 11) is 0. The molecule has 0 radical (unpaired) electrons. The maximum absolute atomic E-state index is 13.0. The Bertz CT molecular complexity index is 1000. The van der Waals surface area contributed by atoms with E-state index in [9.17, 15) is 23.1 Å². The molecule has 0 aromatic carbocycles. The van der Waals surface area contributed by atoms with Crippen molar-refractivity contribution in [1.82, 2.24) is 19.4 Å². The second-order valence-electron chi connectivity index (χ2n) is 10.0. The van der Waals surface area contributed by atoms with E-state index < -0.39 is 24.1 Å². The molecule has 11 heteroatoms. The highest BCUT2D eigenvalue weighted by atomic mass is 19.4. The highest BCUT2D eigenvalue weighted by Crippen LogP contribution is 2.40. The quantitative estimate of drug-likeness (QED) is 0.583. The zero-order valence-corrected chi connectivity index (χ0v) is 20.1. The van der Waals surface area contributed by atoms with E-state index in [1.54, 1.807) is 0 Å². The van der Waals surface area contributed by atoms with Crippen LogP contribution in [0.4, 0.5) is 19.0 Å². The van der Waals surface area contributed by atoms with Crippen molar-refractivity contribution in [1.29, 1.82) is 0 Å². The molecule has 1 aliphatic carbocycles. The number of nitrogens with zero attached hydrogens (tertiary/aromatic N) is 5. The predicted octanol–water partition coefficient (Wildman–Crippen LogP) is 2.79. The van der Waals surface area contributed by atoms with Crippen molar-refractivity contribution >= 4 is 22.8 Å². The first-order valence-corrected chi connectivity index (χ1v) is 12.5. The number of aliphatic hydroxyl groups is 1. The van der Waals surface area contributed by atoms with Crippen LogP contribution in [0.15, 0.2) is 18.6 Å². The number of piperidine rings is 1. The van der Waals surface area contributed by atoms with Crippen LogP contribution in [0.3, 0.4) is 0 Å². The average Bonchev–Trinajstić information content (AvgIpc) is 3.21. The van der Waals surface area contributed by atoms with E-state index in [4.69, 9.17) is 5.73 Å². The van der Waals surface area contributed by atoms with Crippen LogP contribution in [-0.2, 0) is 11.3 Å². The molecule has 0 spiro atoms. The molecule has 3 heterocycles. The summed E-state index contributed by atoms with van der Waals surface area (Å²) >= 11 is 0. The number of likely N-dealkylation sites (tertiary alicyclic amines) is 1. The van der Waals surface area contributed by atoms with Crippen LogP contribution in [0.25, 0.3) is 11.0 Å². The standard InChI is InChI=1S/C24H35F3N6O2/c1-2-32(11-16-3-5-18(6-4-16)24(25,26)27)22-19-8-10-33(23(19)30-15-29-22)12-17-7-9-31(13-20(17)34)14-21(28)35/h8,10,15-18,20,34H,2-7,9,11-14H2,1H3,(H2,28,35). The fourth-order valence-electron chi connectivity index (χ4n) is 5.61. The maximum Gasteiger partial charge on any atom is 0.391 e. The molecule has 1 aliphatic heterocycles. The third-order valence-electron chi connectivity index (χ3n) is 7.62. The number of hydrogen-bond acceptors (Lipinski definition) is 6. The molecule has 8 nitrogen and oxygen atoms in total. The number of fused-ring (bicyclic) bond motifs is 1. The minimum absolute atomic E-state index is 0.0271. The van der Waals surface area contributed by atoms with Gasteiger partial charge in [-0.05, 0) is 57.6 Å². The SMILES string of the molecule is CCN(CC1CCC(C(F)(F)F)CC1)c1ncnc2c1ccn2CC1CCN(CC(N)=O)CC1O. The van der Waals surface area contributed by atoms with Crippen LogP contribution in [0.2, 0.25) is 0 Å². The minimum atomic E-state index is -4.09. The topological polar surface area (TPSA) is 101 Å². The van der Waals surface area contributed by atoms with Gasteiger partial charge in [0.05, 0.1) is 24.0 Å².